The van der Waals surface area contributed by atoms with Crippen LogP contribution < -0.4 is 0 Å². The molecule has 0 amide bonds. The number of hydrogen-bond acceptors (Lipinski definition) is 2. The molecule has 1 aromatic heterocycles. The molecule has 0 spiro atoms. The number of aryl methyl sites for hydroxylation is 1. The van der Waals surface area contributed by atoms with Crippen LogP contribution in [0.3, 0.4) is 0 Å². The molecule has 0 saturated heterocycles. The van der Waals surface area contributed by atoms with Crippen molar-refractivity contribution in [2.24, 2.45) is 7.05 Å². The van der Waals surface area contributed by atoms with Crippen molar-refractivity contribution < 1.29 is 4.79 Å². The Morgan fingerprint density at radius 1 is 1.75 bits per heavy atom. The van der Waals surface area contributed by atoms with Gasteiger partial charge in [-0.05, 0) is 6.92 Å². The molecule has 1 aromatic rings. The van der Waals surface area contributed by atoms with Crippen LogP contribution in [0.1, 0.15) is 23.8 Å². The van der Waals surface area contributed by atoms with E-state index in [2.05, 4.69) is 11.6 Å². The quantitative estimate of drug-likeness (QED) is 0.502. The summed E-state index contributed by atoms with van der Waals surface area (Å²) in [4.78, 5) is 15.3. The first-order chi connectivity index (χ1) is 5.61. The highest BCUT2D eigenvalue weighted by Crippen LogP contribution is 2.05. The van der Waals surface area contributed by atoms with Gasteiger partial charge in [0, 0.05) is 13.5 Å². The van der Waals surface area contributed by atoms with Gasteiger partial charge in [-0.15, -0.1) is 0 Å². The molecule has 0 bridgehead atoms. The molecule has 0 aliphatic heterocycles. The summed E-state index contributed by atoms with van der Waals surface area (Å²) in [5.74, 6) is 0.0718. The van der Waals surface area contributed by atoms with E-state index in [1.54, 1.807) is 24.1 Å². The number of carbonyl (C=O) groups excluding carboxylic acids is 1. The summed E-state index contributed by atoms with van der Waals surface area (Å²) in [6.45, 7) is 5.53. The fraction of sp³-hybridized carbons (Fsp3) is 0.333. The topological polar surface area (TPSA) is 34.9 Å². The first-order valence-corrected chi connectivity index (χ1v) is 3.75. The summed E-state index contributed by atoms with van der Waals surface area (Å²) in [6.07, 6.45) is 3.59. The van der Waals surface area contributed by atoms with E-state index in [4.69, 9.17) is 0 Å². The maximum atomic E-state index is 11.4. The van der Waals surface area contributed by atoms with E-state index in [0.29, 0.717) is 12.1 Å². The average Bonchev–Trinajstić information content (AvgIpc) is 2.33. The van der Waals surface area contributed by atoms with Crippen LogP contribution in [-0.2, 0) is 7.05 Å². The number of hydrogen-bond donors (Lipinski definition) is 0. The van der Waals surface area contributed by atoms with E-state index in [1.807, 2.05) is 6.92 Å². The summed E-state index contributed by atoms with van der Waals surface area (Å²) in [7, 11) is 1.80. The third-order valence-corrected chi connectivity index (χ3v) is 1.56. The average molecular weight is 164 g/mol. The smallest absolute Gasteiger partial charge is 0.184 e. The zero-order valence-electron chi connectivity index (χ0n) is 7.37. The second kappa shape index (κ2) is 3.34. The van der Waals surface area contributed by atoms with Gasteiger partial charge in [-0.2, -0.15) is 0 Å². The molecule has 3 nitrogen and oxygen atoms in total. The molecule has 0 unspecified atom stereocenters. The molecule has 0 aliphatic rings. The molecule has 0 aromatic carbocycles. The number of Topliss-reactive ketones (excluding diaryl/α,β-unsaturated/α-hetero) is 1. The van der Waals surface area contributed by atoms with Gasteiger partial charge >= 0.3 is 0 Å². The number of nitrogens with zero attached hydrogens (tertiary/aromatic N) is 2. The number of rotatable bonds is 3. The Kier molecular flexibility index (Phi) is 2.43. The van der Waals surface area contributed by atoms with Gasteiger partial charge < -0.3 is 4.57 Å². The van der Waals surface area contributed by atoms with E-state index in [-0.39, 0.29) is 5.78 Å². The molecule has 1 rings (SSSR count). The Hall–Kier alpha value is -1.38. The molecular formula is C9H12N2O. The normalized spacial score (nSPS) is 9.83. The Morgan fingerprint density at radius 2 is 2.42 bits per heavy atom. The standard InChI is InChI=1S/C9H12N2O/c1-7(2)4-9(12)8-5-10-6-11(8)3/h5-6H,1,4H2,2-3H3. The van der Waals surface area contributed by atoms with Crippen LogP contribution in [0.4, 0.5) is 0 Å². The Labute approximate surface area is 71.7 Å². The molecule has 12 heavy (non-hydrogen) atoms. The Bertz CT molecular complexity index is 312. The van der Waals surface area contributed by atoms with E-state index in [1.165, 1.54) is 0 Å². The van der Waals surface area contributed by atoms with Crippen molar-refractivity contribution in [3.8, 4) is 0 Å². The first kappa shape index (κ1) is 8.71. The Balaban J connectivity index is 2.78. The lowest BCUT2D eigenvalue weighted by Gasteiger charge is -1.99. The third kappa shape index (κ3) is 1.81. The molecule has 0 saturated carbocycles. The molecule has 0 atom stereocenters. The van der Waals surface area contributed by atoms with E-state index in [9.17, 15) is 4.79 Å². The summed E-state index contributed by atoms with van der Waals surface area (Å²) < 4.78 is 1.71. The SMILES string of the molecule is C=C(C)CC(=O)c1cncn1C. The predicted octanol–water partition coefficient (Wildman–Crippen LogP) is 1.57. The monoisotopic (exact) mass is 164 g/mol. The fourth-order valence-electron chi connectivity index (χ4n) is 0.991. The minimum atomic E-state index is 0.0718. The summed E-state index contributed by atoms with van der Waals surface area (Å²) in [5, 5.41) is 0. The number of aromatic nitrogens is 2. The molecule has 0 radical (unpaired) electrons. The van der Waals surface area contributed by atoms with Crippen LogP contribution in [0.25, 0.3) is 0 Å². The van der Waals surface area contributed by atoms with Gasteiger partial charge in [0.25, 0.3) is 0 Å². The van der Waals surface area contributed by atoms with Crippen LogP contribution >= 0.6 is 0 Å². The molecule has 0 aliphatic carbocycles. The van der Waals surface area contributed by atoms with Gasteiger partial charge in [-0.25, -0.2) is 4.98 Å². The van der Waals surface area contributed by atoms with Gasteiger partial charge in [0.05, 0.1) is 12.5 Å². The number of imidazole rings is 1. The highest BCUT2D eigenvalue weighted by Gasteiger charge is 2.08. The van der Waals surface area contributed by atoms with Crippen LogP contribution in [0.2, 0.25) is 0 Å². The lowest BCUT2D eigenvalue weighted by atomic mass is 10.1. The highest BCUT2D eigenvalue weighted by molar-refractivity contribution is 5.95. The van der Waals surface area contributed by atoms with Crippen molar-refractivity contribution in [2.75, 3.05) is 0 Å². The van der Waals surface area contributed by atoms with Gasteiger partial charge in [0.2, 0.25) is 0 Å². The maximum absolute atomic E-state index is 11.4. The van der Waals surface area contributed by atoms with Gasteiger partial charge in [0.15, 0.2) is 5.78 Å². The van der Waals surface area contributed by atoms with Crippen molar-refractivity contribution in [1.29, 1.82) is 0 Å². The lowest BCUT2D eigenvalue weighted by molar-refractivity contribution is 0.0985. The first-order valence-electron chi connectivity index (χ1n) is 3.75. The van der Waals surface area contributed by atoms with Crippen molar-refractivity contribution in [2.45, 2.75) is 13.3 Å². The largest absolute Gasteiger partial charge is 0.331 e. The van der Waals surface area contributed by atoms with Crippen LogP contribution in [0.5, 0.6) is 0 Å². The van der Waals surface area contributed by atoms with Crippen LogP contribution in [0, 0.1) is 0 Å². The minimum Gasteiger partial charge on any atom is -0.331 e. The predicted molar refractivity (Wildman–Crippen MR) is 47.0 cm³/mol. The molecule has 0 fully saturated rings. The second-order valence-electron chi connectivity index (χ2n) is 2.95. The van der Waals surface area contributed by atoms with E-state index >= 15 is 0 Å². The highest BCUT2D eigenvalue weighted by atomic mass is 16.1. The fourth-order valence-corrected chi connectivity index (χ4v) is 0.991. The molecule has 64 valence electrons. The van der Waals surface area contributed by atoms with Gasteiger partial charge in [0.1, 0.15) is 5.69 Å². The number of ketones is 1. The van der Waals surface area contributed by atoms with Crippen LogP contribution in [0.15, 0.2) is 24.7 Å². The summed E-state index contributed by atoms with van der Waals surface area (Å²) >= 11 is 0. The molecule has 0 N–H and O–H groups in total. The third-order valence-electron chi connectivity index (χ3n) is 1.56. The van der Waals surface area contributed by atoms with E-state index < -0.39 is 0 Å². The van der Waals surface area contributed by atoms with Crippen molar-refractivity contribution >= 4 is 5.78 Å². The lowest BCUT2D eigenvalue weighted by Crippen LogP contribution is -2.04. The van der Waals surface area contributed by atoms with E-state index in [0.717, 1.165) is 5.57 Å². The minimum absolute atomic E-state index is 0.0718. The molecular weight excluding hydrogens is 152 g/mol. The van der Waals surface area contributed by atoms with Gasteiger partial charge in [-0.1, -0.05) is 12.2 Å². The van der Waals surface area contributed by atoms with Crippen molar-refractivity contribution in [3.05, 3.63) is 30.4 Å². The summed E-state index contributed by atoms with van der Waals surface area (Å²) in [5.41, 5.74) is 1.51. The Morgan fingerprint density at radius 3 is 2.83 bits per heavy atom. The zero-order valence-corrected chi connectivity index (χ0v) is 7.37. The van der Waals surface area contributed by atoms with Crippen molar-refractivity contribution in [1.82, 2.24) is 9.55 Å². The van der Waals surface area contributed by atoms with Crippen molar-refractivity contribution in [3.63, 3.8) is 0 Å². The van der Waals surface area contributed by atoms with Crippen LogP contribution in [-0.4, -0.2) is 15.3 Å². The maximum Gasteiger partial charge on any atom is 0.184 e. The number of allylic oxidation sites excluding steroid dienone is 1. The molecule has 1 heterocycles. The zero-order chi connectivity index (χ0) is 9.14. The van der Waals surface area contributed by atoms with Gasteiger partial charge in [-0.3, -0.25) is 4.79 Å². The molecule has 3 heteroatoms. The summed E-state index contributed by atoms with van der Waals surface area (Å²) in [6, 6.07) is 0. The second-order valence-corrected chi connectivity index (χ2v) is 2.95. The number of carbonyl (C=O) groups is 1.